The maximum atomic E-state index is 11.8. The molecule has 0 unspecified atom stereocenters. The fourth-order valence-corrected chi connectivity index (χ4v) is 1.50. The molecular formula is C13H14N4O. The van der Waals surface area contributed by atoms with E-state index in [1.807, 2.05) is 24.3 Å². The molecule has 1 aromatic rings. The number of rotatable bonds is 5. The number of nitriles is 2. The number of benzene rings is 1. The second kappa shape index (κ2) is 6.93. The third-order valence-electron chi connectivity index (χ3n) is 2.48. The molecule has 5 nitrogen and oxygen atoms in total. The van der Waals surface area contributed by atoms with Crippen molar-refractivity contribution in [3.8, 4) is 12.1 Å². The molecule has 0 radical (unpaired) electrons. The van der Waals surface area contributed by atoms with Gasteiger partial charge in [-0.25, -0.2) is 0 Å². The predicted octanol–water partition coefficient (Wildman–Crippen LogP) is 1.08. The van der Waals surface area contributed by atoms with Gasteiger partial charge in [0.25, 0.3) is 0 Å². The largest absolute Gasteiger partial charge is 0.399 e. The van der Waals surface area contributed by atoms with Crippen LogP contribution in [0.4, 0.5) is 5.69 Å². The molecule has 0 aromatic heterocycles. The molecular weight excluding hydrogens is 228 g/mol. The Morgan fingerprint density at radius 3 is 2.22 bits per heavy atom. The van der Waals surface area contributed by atoms with Crippen LogP contribution in [0.2, 0.25) is 0 Å². The highest BCUT2D eigenvalue weighted by Crippen LogP contribution is 2.08. The van der Waals surface area contributed by atoms with Crippen molar-refractivity contribution in [1.82, 2.24) is 4.90 Å². The van der Waals surface area contributed by atoms with Gasteiger partial charge >= 0.3 is 0 Å². The van der Waals surface area contributed by atoms with Crippen LogP contribution >= 0.6 is 0 Å². The zero-order chi connectivity index (χ0) is 13.4. The summed E-state index contributed by atoms with van der Waals surface area (Å²) < 4.78 is 0. The van der Waals surface area contributed by atoms with Gasteiger partial charge in [0.05, 0.1) is 12.1 Å². The molecule has 0 spiro atoms. The van der Waals surface area contributed by atoms with Crippen LogP contribution in [0.1, 0.15) is 12.0 Å². The molecule has 92 valence electrons. The zero-order valence-electron chi connectivity index (χ0n) is 9.97. The van der Waals surface area contributed by atoms with E-state index in [1.165, 1.54) is 4.90 Å². The van der Waals surface area contributed by atoms with Crippen molar-refractivity contribution in [2.45, 2.75) is 12.8 Å². The van der Waals surface area contributed by atoms with Gasteiger partial charge in [-0.3, -0.25) is 4.79 Å². The Morgan fingerprint density at radius 1 is 1.17 bits per heavy atom. The van der Waals surface area contributed by atoms with E-state index in [2.05, 4.69) is 0 Å². The van der Waals surface area contributed by atoms with Crippen LogP contribution in [-0.2, 0) is 11.2 Å². The number of hydrogen-bond donors (Lipinski definition) is 1. The molecule has 0 bridgehead atoms. The molecule has 1 rings (SSSR count). The lowest BCUT2D eigenvalue weighted by Gasteiger charge is -2.15. The van der Waals surface area contributed by atoms with E-state index in [-0.39, 0.29) is 25.4 Å². The Kier molecular flexibility index (Phi) is 5.21. The van der Waals surface area contributed by atoms with Crippen LogP contribution in [0.25, 0.3) is 0 Å². The van der Waals surface area contributed by atoms with Crippen LogP contribution in [0.15, 0.2) is 24.3 Å². The molecule has 0 heterocycles. The number of nitrogens with two attached hydrogens (primary N) is 1. The SMILES string of the molecule is N#CCN(CC#N)C(=O)CCc1ccc(N)cc1. The molecule has 1 amide bonds. The first kappa shape index (κ1) is 13.5. The number of nitrogen functional groups attached to an aromatic ring is 1. The minimum absolute atomic E-state index is 0.0475. The van der Waals surface area contributed by atoms with Gasteiger partial charge in [-0.05, 0) is 24.1 Å². The fourth-order valence-electron chi connectivity index (χ4n) is 1.50. The first-order valence-electron chi connectivity index (χ1n) is 5.53. The second-order valence-electron chi connectivity index (χ2n) is 3.81. The minimum Gasteiger partial charge on any atom is -0.399 e. The average molecular weight is 242 g/mol. The minimum atomic E-state index is -0.185. The average Bonchev–Trinajstić information content (AvgIpc) is 2.37. The zero-order valence-corrected chi connectivity index (χ0v) is 9.97. The Morgan fingerprint density at radius 2 is 1.72 bits per heavy atom. The number of anilines is 1. The molecule has 5 heteroatoms. The second-order valence-corrected chi connectivity index (χ2v) is 3.81. The number of carbonyl (C=O) groups excluding carboxylic acids is 1. The van der Waals surface area contributed by atoms with Crippen LogP contribution in [0.5, 0.6) is 0 Å². The van der Waals surface area contributed by atoms with E-state index < -0.39 is 0 Å². The predicted molar refractivity (Wildman–Crippen MR) is 67.0 cm³/mol. The molecule has 0 aliphatic heterocycles. The summed E-state index contributed by atoms with van der Waals surface area (Å²) in [7, 11) is 0. The highest BCUT2D eigenvalue weighted by molar-refractivity contribution is 5.77. The van der Waals surface area contributed by atoms with Crippen molar-refractivity contribution in [1.29, 1.82) is 10.5 Å². The van der Waals surface area contributed by atoms with Crippen molar-refractivity contribution >= 4 is 11.6 Å². The topological polar surface area (TPSA) is 93.9 Å². The number of carbonyl (C=O) groups is 1. The van der Waals surface area contributed by atoms with Gasteiger partial charge in [-0.1, -0.05) is 12.1 Å². The summed E-state index contributed by atoms with van der Waals surface area (Å²) in [5, 5.41) is 17.1. The summed E-state index contributed by atoms with van der Waals surface area (Å²) in [6, 6.07) is 11.0. The number of aryl methyl sites for hydroxylation is 1. The monoisotopic (exact) mass is 242 g/mol. The molecule has 0 atom stereocenters. The third kappa shape index (κ3) is 4.15. The smallest absolute Gasteiger partial charge is 0.224 e. The quantitative estimate of drug-likeness (QED) is 0.617. The fraction of sp³-hybridized carbons (Fsp3) is 0.308. The highest BCUT2D eigenvalue weighted by Gasteiger charge is 2.12. The molecule has 18 heavy (non-hydrogen) atoms. The van der Waals surface area contributed by atoms with E-state index in [1.54, 1.807) is 12.1 Å². The third-order valence-corrected chi connectivity index (χ3v) is 2.48. The summed E-state index contributed by atoms with van der Waals surface area (Å²) in [6.07, 6.45) is 0.861. The molecule has 0 saturated heterocycles. The molecule has 0 aliphatic rings. The first-order chi connectivity index (χ1) is 8.67. The van der Waals surface area contributed by atoms with E-state index >= 15 is 0 Å². The van der Waals surface area contributed by atoms with Crippen LogP contribution in [0, 0.1) is 22.7 Å². The van der Waals surface area contributed by atoms with Crippen molar-refractivity contribution in [3.63, 3.8) is 0 Å². The maximum Gasteiger partial charge on any atom is 0.224 e. The Bertz CT molecular complexity index is 465. The van der Waals surface area contributed by atoms with Crippen LogP contribution in [0.3, 0.4) is 0 Å². The van der Waals surface area contributed by atoms with Gasteiger partial charge in [0, 0.05) is 12.1 Å². The van der Waals surface area contributed by atoms with E-state index in [4.69, 9.17) is 16.3 Å². The number of amides is 1. The highest BCUT2D eigenvalue weighted by atomic mass is 16.2. The first-order valence-corrected chi connectivity index (χ1v) is 5.53. The normalized spacial score (nSPS) is 9.22. The van der Waals surface area contributed by atoms with E-state index in [0.29, 0.717) is 12.1 Å². The van der Waals surface area contributed by atoms with Crippen molar-refractivity contribution < 1.29 is 4.79 Å². The van der Waals surface area contributed by atoms with Crippen LogP contribution < -0.4 is 5.73 Å². The van der Waals surface area contributed by atoms with Gasteiger partial charge in [-0.2, -0.15) is 10.5 Å². The molecule has 0 saturated carbocycles. The number of nitrogens with zero attached hydrogens (tertiary/aromatic N) is 3. The standard InChI is InChI=1S/C13H14N4O/c14-7-9-17(10-8-15)13(18)6-3-11-1-4-12(16)5-2-11/h1-2,4-5H,3,6,9-10,16H2. The molecule has 1 aromatic carbocycles. The number of hydrogen-bond acceptors (Lipinski definition) is 4. The van der Waals surface area contributed by atoms with Gasteiger partial charge in [-0.15, -0.1) is 0 Å². The van der Waals surface area contributed by atoms with Crippen molar-refractivity contribution in [3.05, 3.63) is 29.8 Å². The van der Waals surface area contributed by atoms with Crippen molar-refractivity contribution in [2.75, 3.05) is 18.8 Å². The summed E-state index contributed by atoms with van der Waals surface area (Å²) in [6.45, 7) is -0.0950. The lowest BCUT2D eigenvalue weighted by Crippen LogP contribution is -2.31. The lowest BCUT2D eigenvalue weighted by molar-refractivity contribution is -0.130. The maximum absolute atomic E-state index is 11.8. The molecule has 0 fully saturated rings. The van der Waals surface area contributed by atoms with E-state index in [9.17, 15) is 4.79 Å². The van der Waals surface area contributed by atoms with Gasteiger partial charge < -0.3 is 10.6 Å². The van der Waals surface area contributed by atoms with Gasteiger partial charge in [0.15, 0.2) is 0 Å². The van der Waals surface area contributed by atoms with Crippen LogP contribution in [-0.4, -0.2) is 23.9 Å². The Labute approximate surface area is 106 Å². The lowest BCUT2D eigenvalue weighted by atomic mass is 10.1. The summed E-state index contributed by atoms with van der Waals surface area (Å²) in [4.78, 5) is 13.0. The molecule has 2 N–H and O–H groups in total. The Hall–Kier alpha value is -2.53. The van der Waals surface area contributed by atoms with Gasteiger partial charge in [0.2, 0.25) is 5.91 Å². The van der Waals surface area contributed by atoms with Gasteiger partial charge in [0.1, 0.15) is 13.1 Å². The molecule has 0 aliphatic carbocycles. The van der Waals surface area contributed by atoms with Crippen molar-refractivity contribution in [2.24, 2.45) is 0 Å². The Balaban J connectivity index is 2.52. The summed E-state index contributed by atoms with van der Waals surface area (Å²) in [5.74, 6) is -0.185. The summed E-state index contributed by atoms with van der Waals surface area (Å²) in [5.41, 5.74) is 7.25. The summed E-state index contributed by atoms with van der Waals surface area (Å²) >= 11 is 0. The van der Waals surface area contributed by atoms with E-state index in [0.717, 1.165) is 5.56 Å².